The van der Waals surface area contributed by atoms with Crippen molar-refractivity contribution in [2.75, 3.05) is 0 Å². The number of carboxylic acid groups (broad SMARTS) is 1. The van der Waals surface area contributed by atoms with Gasteiger partial charge < -0.3 is 20.9 Å². The van der Waals surface area contributed by atoms with E-state index in [1.54, 1.807) is 0 Å². The number of halogens is 2. The van der Waals surface area contributed by atoms with Crippen LogP contribution in [0.1, 0.15) is 33.1 Å². The minimum atomic E-state index is -3.16. The standard InChI is InChI=1S/C14H22F2N2O4/c1-3-8(4-2)22-10-6-7(14(20)21)5-9(17)11(10)18-13(19)12(15)16/h6,8-12H,3-5,17H2,1-2H3,(H,18,19)(H,20,21)/t9-,10?,11?/m1/s1. The summed E-state index contributed by atoms with van der Waals surface area (Å²) in [4.78, 5) is 22.4. The molecule has 126 valence electrons. The second kappa shape index (κ2) is 8.19. The summed E-state index contributed by atoms with van der Waals surface area (Å²) in [5, 5.41) is 11.2. The fraction of sp³-hybridized carbons (Fsp3) is 0.714. The molecule has 0 spiro atoms. The van der Waals surface area contributed by atoms with E-state index in [0.717, 1.165) is 0 Å². The van der Waals surface area contributed by atoms with Gasteiger partial charge in [-0.1, -0.05) is 13.8 Å². The van der Waals surface area contributed by atoms with Gasteiger partial charge >= 0.3 is 12.4 Å². The zero-order chi connectivity index (χ0) is 16.9. The molecule has 1 aliphatic rings. The van der Waals surface area contributed by atoms with Crippen LogP contribution in [0.2, 0.25) is 0 Å². The molecule has 0 saturated heterocycles. The maximum atomic E-state index is 12.4. The van der Waals surface area contributed by atoms with Crippen LogP contribution in [0.3, 0.4) is 0 Å². The highest BCUT2D eigenvalue weighted by Crippen LogP contribution is 2.23. The summed E-state index contributed by atoms with van der Waals surface area (Å²) in [7, 11) is 0. The second-order valence-electron chi connectivity index (χ2n) is 5.24. The van der Waals surface area contributed by atoms with E-state index in [1.165, 1.54) is 6.08 Å². The van der Waals surface area contributed by atoms with Gasteiger partial charge in [0, 0.05) is 11.6 Å². The van der Waals surface area contributed by atoms with Crippen LogP contribution in [0, 0.1) is 0 Å². The minimum absolute atomic E-state index is 0.0215. The summed E-state index contributed by atoms with van der Waals surface area (Å²) in [5.74, 6) is -2.57. The zero-order valence-electron chi connectivity index (χ0n) is 12.6. The average Bonchev–Trinajstić information content (AvgIpc) is 2.46. The molecule has 0 bridgehead atoms. The lowest BCUT2D eigenvalue weighted by molar-refractivity contribution is -0.134. The topological polar surface area (TPSA) is 102 Å². The van der Waals surface area contributed by atoms with Crippen LogP contribution in [0.25, 0.3) is 0 Å². The number of hydrogen-bond donors (Lipinski definition) is 3. The van der Waals surface area contributed by atoms with Gasteiger partial charge in [-0.2, -0.15) is 8.78 Å². The molecule has 22 heavy (non-hydrogen) atoms. The molecule has 6 nitrogen and oxygen atoms in total. The molecule has 4 N–H and O–H groups in total. The van der Waals surface area contributed by atoms with E-state index in [9.17, 15) is 18.4 Å². The minimum Gasteiger partial charge on any atom is -0.478 e. The molecule has 0 aromatic rings. The first-order valence-corrected chi connectivity index (χ1v) is 7.23. The van der Waals surface area contributed by atoms with E-state index in [4.69, 9.17) is 15.6 Å². The van der Waals surface area contributed by atoms with Gasteiger partial charge in [0.2, 0.25) is 0 Å². The molecule has 0 fully saturated rings. The number of nitrogens with one attached hydrogen (secondary N) is 1. The fourth-order valence-corrected chi connectivity index (χ4v) is 2.40. The van der Waals surface area contributed by atoms with Crippen LogP contribution < -0.4 is 11.1 Å². The Bertz CT molecular complexity index is 439. The van der Waals surface area contributed by atoms with Crippen LogP contribution in [0.5, 0.6) is 0 Å². The number of hydrogen-bond acceptors (Lipinski definition) is 4. The molecule has 0 heterocycles. The summed E-state index contributed by atoms with van der Waals surface area (Å²) < 4.78 is 30.6. The zero-order valence-corrected chi connectivity index (χ0v) is 12.6. The Labute approximate surface area is 127 Å². The Morgan fingerprint density at radius 2 is 2.05 bits per heavy atom. The van der Waals surface area contributed by atoms with Crippen LogP contribution in [0.4, 0.5) is 8.78 Å². The first-order chi connectivity index (χ1) is 10.3. The molecule has 3 atom stereocenters. The molecule has 0 aromatic heterocycles. The molecule has 0 aromatic carbocycles. The van der Waals surface area contributed by atoms with E-state index >= 15 is 0 Å². The van der Waals surface area contributed by atoms with Crippen LogP contribution >= 0.6 is 0 Å². The molecule has 8 heteroatoms. The number of nitrogens with two attached hydrogens (primary N) is 1. The van der Waals surface area contributed by atoms with Crippen molar-refractivity contribution < 1.29 is 28.2 Å². The number of alkyl halides is 2. The van der Waals surface area contributed by atoms with Crippen molar-refractivity contribution in [3.63, 3.8) is 0 Å². The number of aliphatic carboxylic acids is 1. The van der Waals surface area contributed by atoms with E-state index in [-0.39, 0.29) is 18.1 Å². The Morgan fingerprint density at radius 3 is 2.50 bits per heavy atom. The van der Waals surface area contributed by atoms with Gasteiger partial charge in [0.15, 0.2) is 0 Å². The molecule has 1 amide bonds. The van der Waals surface area contributed by atoms with Crippen molar-refractivity contribution in [2.24, 2.45) is 5.73 Å². The summed E-state index contributed by atoms with van der Waals surface area (Å²) in [5.41, 5.74) is 5.92. The van der Waals surface area contributed by atoms with E-state index in [2.05, 4.69) is 5.32 Å². The third kappa shape index (κ3) is 4.74. The van der Waals surface area contributed by atoms with E-state index in [1.807, 2.05) is 13.8 Å². The molecule has 0 aliphatic heterocycles. The molecule has 2 unspecified atom stereocenters. The normalized spacial score (nSPS) is 25.2. The third-order valence-electron chi connectivity index (χ3n) is 3.68. The van der Waals surface area contributed by atoms with Crippen molar-refractivity contribution >= 4 is 11.9 Å². The number of carbonyl (C=O) groups is 2. The quantitative estimate of drug-likeness (QED) is 0.651. The Morgan fingerprint density at radius 1 is 1.45 bits per heavy atom. The molecule has 0 radical (unpaired) electrons. The van der Waals surface area contributed by atoms with Crippen LogP contribution in [-0.2, 0) is 14.3 Å². The summed E-state index contributed by atoms with van der Waals surface area (Å²) >= 11 is 0. The number of ether oxygens (including phenoxy) is 1. The smallest absolute Gasteiger partial charge is 0.331 e. The van der Waals surface area contributed by atoms with Gasteiger partial charge in [-0.25, -0.2) is 4.79 Å². The first-order valence-electron chi connectivity index (χ1n) is 7.23. The Kier molecular flexibility index (Phi) is 6.89. The Balaban J connectivity index is 2.99. The molecular formula is C14H22F2N2O4. The SMILES string of the molecule is CCC(CC)OC1C=C(C(=O)O)C[C@@H](N)C1NC(=O)C(F)F. The van der Waals surface area contributed by atoms with Gasteiger partial charge in [0.25, 0.3) is 5.91 Å². The highest BCUT2D eigenvalue weighted by Gasteiger charge is 2.37. The van der Waals surface area contributed by atoms with Gasteiger partial charge in [0.1, 0.15) is 0 Å². The van der Waals surface area contributed by atoms with Gasteiger partial charge in [-0.15, -0.1) is 0 Å². The number of carboxylic acids is 1. The van der Waals surface area contributed by atoms with Crippen molar-refractivity contribution in [1.29, 1.82) is 0 Å². The summed E-state index contributed by atoms with van der Waals surface area (Å²) in [6.45, 7) is 3.79. The average molecular weight is 320 g/mol. The molecule has 0 saturated carbocycles. The van der Waals surface area contributed by atoms with Gasteiger partial charge in [0.05, 0.1) is 18.2 Å². The van der Waals surface area contributed by atoms with Crippen molar-refractivity contribution in [3.8, 4) is 0 Å². The second-order valence-corrected chi connectivity index (χ2v) is 5.24. The number of rotatable bonds is 7. The predicted molar refractivity (Wildman–Crippen MR) is 75.5 cm³/mol. The number of carbonyl (C=O) groups excluding carboxylic acids is 1. The van der Waals surface area contributed by atoms with Crippen LogP contribution in [-0.4, -0.2) is 47.7 Å². The van der Waals surface area contributed by atoms with Crippen LogP contribution in [0.15, 0.2) is 11.6 Å². The third-order valence-corrected chi connectivity index (χ3v) is 3.68. The first kappa shape index (κ1) is 18.5. The highest BCUT2D eigenvalue weighted by molar-refractivity contribution is 5.87. The molecular weight excluding hydrogens is 298 g/mol. The van der Waals surface area contributed by atoms with Gasteiger partial charge in [-0.3, -0.25) is 4.79 Å². The summed E-state index contributed by atoms with van der Waals surface area (Å²) in [6, 6.07) is -1.69. The molecule has 1 rings (SSSR count). The molecule has 1 aliphatic carbocycles. The van der Waals surface area contributed by atoms with Crippen molar-refractivity contribution in [3.05, 3.63) is 11.6 Å². The lowest BCUT2D eigenvalue weighted by atomic mass is 9.88. The maximum Gasteiger partial charge on any atom is 0.331 e. The maximum absolute atomic E-state index is 12.4. The van der Waals surface area contributed by atoms with E-state index in [0.29, 0.717) is 12.8 Å². The Hall–Kier alpha value is -1.54. The lowest BCUT2D eigenvalue weighted by Gasteiger charge is -2.36. The summed E-state index contributed by atoms with van der Waals surface area (Å²) in [6.07, 6.45) is -1.50. The fourth-order valence-electron chi connectivity index (χ4n) is 2.40. The number of amides is 1. The van der Waals surface area contributed by atoms with E-state index < -0.39 is 36.5 Å². The lowest BCUT2D eigenvalue weighted by Crippen LogP contribution is -2.58. The largest absolute Gasteiger partial charge is 0.478 e. The highest BCUT2D eigenvalue weighted by atomic mass is 19.3. The van der Waals surface area contributed by atoms with Gasteiger partial charge in [-0.05, 0) is 25.3 Å². The predicted octanol–water partition coefficient (Wildman–Crippen LogP) is 1.05. The van der Waals surface area contributed by atoms with Crippen molar-refractivity contribution in [1.82, 2.24) is 5.32 Å². The monoisotopic (exact) mass is 320 g/mol. The van der Waals surface area contributed by atoms with Crippen molar-refractivity contribution in [2.45, 2.75) is 63.8 Å².